The molecular formula is C12H19N3O4S. The SMILES string of the molecule is CC(C)n1ncnc1CC(C(=O)O)C1CCS(=O)(=O)C1. The van der Waals surface area contributed by atoms with Crippen molar-refractivity contribution in [2.45, 2.75) is 32.7 Å². The second-order valence-corrected chi connectivity index (χ2v) is 7.76. The molecule has 8 heteroatoms. The van der Waals surface area contributed by atoms with Gasteiger partial charge >= 0.3 is 5.97 Å². The molecule has 2 heterocycles. The number of carboxylic acid groups (broad SMARTS) is 1. The zero-order valence-electron chi connectivity index (χ0n) is 11.6. The van der Waals surface area contributed by atoms with E-state index in [0.29, 0.717) is 12.2 Å². The number of hydrogen-bond acceptors (Lipinski definition) is 5. The largest absolute Gasteiger partial charge is 0.481 e. The van der Waals surface area contributed by atoms with Crippen LogP contribution < -0.4 is 0 Å². The first-order chi connectivity index (χ1) is 9.30. The molecular weight excluding hydrogens is 282 g/mol. The minimum absolute atomic E-state index is 0.0419. The Hall–Kier alpha value is -1.44. The third-order valence-corrected chi connectivity index (χ3v) is 5.49. The van der Waals surface area contributed by atoms with Gasteiger partial charge in [0.25, 0.3) is 0 Å². The second-order valence-electron chi connectivity index (χ2n) is 5.53. The predicted octanol–water partition coefficient (Wildman–Crippen LogP) is 0.537. The highest BCUT2D eigenvalue weighted by molar-refractivity contribution is 7.91. The van der Waals surface area contributed by atoms with Crippen molar-refractivity contribution >= 4 is 15.8 Å². The summed E-state index contributed by atoms with van der Waals surface area (Å²) in [5.74, 6) is -1.40. The highest BCUT2D eigenvalue weighted by atomic mass is 32.2. The van der Waals surface area contributed by atoms with Crippen molar-refractivity contribution in [1.82, 2.24) is 14.8 Å². The van der Waals surface area contributed by atoms with Crippen LogP contribution in [0, 0.1) is 11.8 Å². The van der Waals surface area contributed by atoms with Crippen LogP contribution in [0.1, 0.15) is 32.1 Å². The van der Waals surface area contributed by atoms with E-state index in [4.69, 9.17) is 0 Å². The summed E-state index contributed by atoms with van der Waals surface area (Å²) in [5.41, 5.74) is 0. The molecule has 112 valence electrons. The number of rotatable bonds is 5. The number of nitrogens with zero attached hydrogens (tertiary/aromatic N) is 3. The lowest BCUT2D eigenvalue weighted by atomic mass is 9.89. The van der Waals surface area contributed by atoms with Crippen LogP contribution in [0.4, 0.5) is 0 Å². The number of hydrogen-bond donors (Lipinski definition) is 1. The fraction of sp³-hybridized carbons (Fsp3) is 0.750. The van der Waals surface area contributed by atoms with Crippen LogP contribution in [-0.2, 0) is 21.1 Å². The number of aliphatic carboxylic acids is 1. The van der Waals surface area contributed by atoms with Gasteiger partial charge in [0.2, 0.25) is 0 Å². The zero-order chi connectivity index (χ0) is 14.9. The molecule has 2 rings (SSSR count). The molecule has 1 aromatic rings. The molecule has 0 aliphatic carbocycles. The van der Waals surface area contributed by atoms with Gasteiger partial charge in [0.15, 0.2) is 9.84 Å². The van der Waals surface area contributed by atoms with Crippen molar-refractivity contribution in [2.75, 3.05) is 11.5 Å². The molecule has 7 nitrogen and oxygen atoms in total. The quantitative estimate of drug-likeness (QED) is 0.851. The van der Waals surface area contributed by atoms with Crippen LogP contribution in [0.3, 0.4) is 0 Å². The van der Waals surface area contributed by atoms with Crippen molar-refractivity contribution < 1.29 is 18.3 Å². The van der Waals surface area contributed by atoms with E-state index < -0.39 is 21.7 Å². The normalized spacial score (nSPS) is 23.1. The van der Waals surface area contributed by atoms with E-state index in [1.54, 1.807) is 4.68 Å². The Morgan fingerprint density at radius 2 is 2.25 bits per heavy atom. The molecule has 1 aromatic heterocycles. The van der Waals surface area contributed by atoms with Crippen LogP contribution in [0.5, 0.6) is 0 Å². The van der Waals surface area contributed by atoms with E-state index in [2.05, 4.69) is 10.1 Å². The minimum Gasteiger partial charge on any atom is -0.481 e. The van der Waals surface area contributed by atoms with Gasteiger partial charge < -0.3 is 5.11 Å². The Morgan fingerprint density at radius 1 is 1.55 bits per heavy atom. The molecule has 0 radical (unpaired) electrons. The van der Waals surface area contributed by atoms with Crippen molar-refractivity contribution in [3.63, 3.8) is 0 Å². The molecule has 0 spiro atoms. The van der Waals surface area contributed by atoms with Gasteiger partial charge in [0.05, 0.1) is 17.4 Å². The van der Waals surface area contributed by atoms with Crippen LogP contribution >= 0.6 is 0 Å². The lowest BCUT2D eigenvalue weighted by Gasteiger charge is -2.18. The molecule has 1 saturated heterocycles. The first-order valence-corrected chi connectivity index (χ1v) is 8.44. The first kappa shape index (κ1) is 15.0. The van der Waals surface area contributed by atoms with Gasteiger partial charge in [-0.3, -0.25) is 4.79 Å². The van der Waals surface area contributed by atoms with E-state index in [1.807, 2.05) is 13.8 Å². The van der Waals surface area contributed by atoms with Crippen molar-refractivity contribution in [3.8, 4) is 0 Å². The zero-order valence-corrected chi connectivity index (χ0v) is 12.4. The van der Waals surface area contributed by atoms with Crippen LogP contribution in [-0.4, -0.2) is 45.8 Å². The fourth-order valence-corrected chi connectivity index (χ4v) is 4.52. The summed E-state index contributed by atoms with van der Waals surface area (Å²) in [6, 6.07) is 0.0919. The Balaban J connectivity index is 2.18. The van der Waals surface area contributed by atoms with Gasteiger partial charge in [-0.05, 0) is 26.2 Å². The average Bonchev–Trinajstić information content (AvgIpc) is 2.91. The standard InChI is InChI=1S/C12H19N3O4S/c1-8(2)15-11(13-7-14-15)5-10(12(16)17)9-3-4-20(18,19)6-9/h7-10H,3-6H2,1-2H3,(H,16,17). The average molecular weight is 301 g/mol. The lowest BCUT2D eigenvalue weighted by Crippen LogP contribution is -2.28. The summed E-state index contributed by atoms with van der Waals surface area (Å²) in [7, 11) is -3.09. The Kier molecular flexibility index (Phi) is 4.12. The minimum atomic E-state index is -3.09. The summed E-state index contributed by atoms with van der Waals surface area (Å²) in [6.07, 6.45) is 2.03. The summed E-state index contributed by atoms with van der Waals surface area (Å²) in [6.45, 7) is 3.88. The van der Waals surface area contributed by atoms with E-state index in [0.717, 1.165) is 0 Å². The molecule has 1 aliphatic heterocycles. The summed E-state index contributed by atoms with van der Waals surface area (Å²) in [5, 5.41) is 13.5. The van der Waals surface area contributed by atoms with Gasteiger partial charge in [-0.1, -0.05) is 0 Å². The molecule has 0 bridgehead atoms. The summed E-state index contributed by atoms with van der Waals surface area (Å²) >= 11 is 0. The van der Waals surface area contributed by atoms with Crippen LogP contribution in [0.25, 0.3) is 0 Å². The highest BCUT2D eigenvalue weighted by Gasteiger charge is 2.38. The summed E-state index contributed by atoms with van der Waals surface area (Å²) in [4.78, 5) is 15.6. The Labute approximate surface area is 117 Å². The van der Waals surface area contributed by atoms with Gasteiger partial charge in [-0.25, -0.2) is 18.1 Å². The van der Waals surface area contributed by atoms with Gasteiger partial charge in [-0.2, -0.15) is 5.10 Å². The molecule has 0 amide bonds. The fourth-order valence-electron chi connectivity index (χ4n) is 2.64. The topological polar surface area (TPSA) is 102 Å². The molecule has 2 atom stereocenters. The predicted molar refractivity (Wildman–Crippen MR) is 72.0 cm³/mol. The van der Waals surface area contributed by atoms with Crippen LogP contribution in [0.15, 0.2) is 6.33 Å². The molecule has 1 fully saturated rings. The second kappa shape index (κ2) is 5.51. The van der Waals surface area contributed by atoms with Gasteiger partial charge in [0, 0.05) is 12.5 Å². The maximum atomic E-state index is 11.5. The first-order valence-electron chi connectivity index (χ1n) is 6.62. The molecule has 0 saturated carbocycles. The number of sulfone groups is 1. The van der Waals surface area contributed by atoms with E-state index in [-0.39, 0.29) is 29.9 Å². The molecule has 20 heavy (non-hydrogen) atoms. The van der Waals surface area contributed by atoms with Crippen molar-refractivity contribution in [3.05, 3.63) is 12.2 Å². The number of carbonyl (C=O) groups is 1. The van der Waals surface area contributed by atoms with Gasteiger partial charge in [0.1, 0.15) is 12.2 Å². The number of carboxylic acids is 1. The molecule has 2 unspecified atom stereocenters. The van der Waals surface area contributed by atoms with E-state index in [1.165, 1.54) is 6.33 Å². The number of aromatic nitrogens is 3. The van der Waals surface area contributed by atoms with E-state index >= 15 is 0 Å². The van der Waals surface area contributed by atoms with Crippen molar-refractivity contribution in [1.29, 1.82) is 0 Å². The molecule has 0 aromatic carbocycles. The smallest absolute Gasteiger partial charge is 0.307 e. The van der Waals surface area contributed by atoms with Crippen molar-refractivity contribution in [2.24, 2.45) is 11.8 Å². The molecule has 1 aliphatic rings. The Bertz CT molecular complexity index is 594. The van der Waals surface area contributed by atoms with E-state index in [9.17, 15) is 18.3 Å². The van der Waals surface area contributed by atoms with Gasteiger partial charge in [-0.15, -0.1) is 0 Å². The third-order valence-electron chi connectivity index (χ3n) is 3.69. The monoisotopic (exact) mass is 301 g/mol. The third kappa shape index (κ3) is 3.17. The maximum Gasteiger partial charge on any atom is 0.307 e. The van der Waals surface area contributed by atoms with Crippen LogP contribution in [0.2, 0.25) is 0 Å². The Morgan fingerprint density at radius 3 is 2.75 bits per heavy atom. The summed E-state index contributed by atoms with van der Waals surface area (Å²) < 4.78 is 24.7. The molecule has 1 N–H and O–H groups in total. The maximum absolute atomic E-state index is 11.5. The highest BCUT2D eigenvalue weighted by Crippen LogP contribution is 2.28. The lowest BCUT2D eigenvalue weighted by molar-refractivity contribution is -0.143.